The molecule has 2 aromatic heterocycles. The number of hydrogen-bond donors (Lipinski definition) is 1. The summed E-state index contributed by atoms with van der Waals surface area (Å²) in [4.78, 5) is 12.4. The van der Waals surface area contributed by atoms with Gasteiger partial charge in [-0.3, -0.25) is 4.79 Å². The fourth-order valence-electron chi connectivity index (χ4n) is 2.73. The van der Waals surface area contributed by atoms with Gasteiger partial charge in [0.1, 0.15) is 5.58 Å². The topological polar surface area (TPSA) is 42.2 Å². The molecule has 0 fully saturated rings. The van der Waals surface area contributed by atoms with E-state index in [4.69, 9.17) is 4.42 Å². The number of thiophene rings is 1. The van der Waals surface area contributed by atoms with E-state index >= 15 is 0 Å². The van der Waals surface area contributed by atoms with Gasteiger partial charge in [0.2, 0.25) is 0 Å². The summed E-state index contributed by atoms with van der Waals surface area (Å²) in [6.45, 7) is 0.460. The van der Waals surface area contributed by atoms with Crippen molar-refractivity contribution in [1.82, 2.24) is 5.32 Å². The van der Waals surface area contributed by atoms with E-state index in [0.717, 1.165) is 22.1 Å². The van der Waals surface area contributed by atoms with Crippen LogP contribution in [0.1, 0.15) is 16.1 Å². The molecule has 2 aromatic carbocycles. The first-order valence-corrected chi connectivity index (χ1v) is 8.63. The van der Waals surface area contributed by atoms with E-state index in [1.54, 1.807) is 17.4 Å². The molecule has 0 saturated carbocycles. The molecular formula is C20H15NO2S. The number of furan rings is 1. The van der Waals surface area contributed by atoms with E-state index in [-0.39, 0.29) is 5.91 Å². The molecule has 4 rings (SSSR count). The van der Waals surface area contributed by atoms with Crippen molar-refractivity contribution in [3.63, 3.8) is 0 Å². The van der Waals surface area contributed by atoms with Crippen molar-refractivity contribution >= 4 is 28.2 Å². The molecule has 0 aliphatic heterocycles. The van der Waals surface area contributed by atoms with Crippen molar-refractivity contribution in [1.29, 1.82) is 0 Å². The van der Waals surface area contributed by atoms with Crippen LogP contribution in [0.25, 0.3) is 22.1 Å². The van der Waals surface area contributed by atoms with Crippen LogP contribution in [0.2, 0.25) is 0 Å². The molecule has 3 nitrogen and oxygen atoms in total. The number of benzene rings is 2. The van der Waals surface area contributed by atoms with Crippen LogP contribution < -0.4 is 5.32 Å². The normalized spacial score (nSPS) is 10.8. The first-order chi connectivity index (χ1) is 11.8. The number of fused-ring (bicyclic) bond motifs is 1. The van der Waals surface area contributed by atoms with Gasteiger partial charge in [-0.1, -0.05) is 42.5 Å². The van der Waals surface area contributed by atoms with Crippen LogP contribution in [0.15, 0.2) is 75.8 Å². The van der Waals surface area contributed by atoms with Gasteiger partial charge in [0.25, 0.3) is 5.91 Å². The average molecular weight is 333 g/mol. The van der Waals surface area contributed by atoms with Crippen molar-refractivity contribution in [2.24, 2.45) is 0 Å². The summed E-state index contributed by atoms with van der Waals surface area (Å²) in [5.74, 6) is 0.135. The summed E-state index contributed by atoms with van der Waals surface area (Å²) < 4.78 is 5.61. The van der Waals surface area contributed by atoms with E-state index in [2.05, 4.69) is 28.2 Å². The summed E-state index contributed by atoms with van der Waals surface area (Å²) in [5, 5.41) is 8.05. The van der Waals surface area contributed by atoms with Crippen molar-refractivity contribution in [2.75, 3.05) is 0 Å². The number of nitrogens with one attached hydrogen (secondary N) is 1. The van der Waals surface area contributed by atoms with Crippen molar-refractivity contribution < 1.29 is 9.21 Å². The molecule has 0 radical (unpaired) electrons. The molecule has 118 valence electrons. The lowest BCUT2D eigenvalue weighted by molar-refractivity contribution is 0.0925. The highest BCUT2D eigenvalue weighted by Crippen LogP contribution is 2.26. The second-order valence-electron chi connectivity index (χ2n) is 5.50. The number of rotatable bonds is 4. The second-order valence-corrected chi connectivity index (χ2v) is 6.28. The van der Waals surface area contributed by atoms with Gasteiger partial charge in [0.15, 0.2) is 5.76 Å². The Morgan fingerprint density at radius 1 is 1.04 bits per heavy atom. The lowest BCUT2D eigenvalue weighted by Gasteiger charge is -2.09. The lowest BCUT2D eigenvalue weighted by Crippen LogP contribution is -2.22. The van der Waals surface area contributed by atoms with Gasteiger partial charge in [-0.05, 0) is 45.6 Å². The fourth-order valence-corrected chi connectivity index (χ4v) is 3.39. The van der Waals surface area contributed by atoms with Crippen LogP contribution in [-0.2, 0) is 6.54 Å². The Bertz CT molecular complexity index is 953. The molecule has 0 atom stereocenters. The zero-order valence-electron chi connectivity index (χ0n) is 12.9. The Morgan fingerprint density at radius 2 is 1.88 bits per heavy atom. The van der Waals surface area contributed by atoms with E-state index in [0.29, 0.717) is 12.3 Å². The first kappa shape index (κ1) is 14.7. The third-order valence-electron chi connectivity index (χ3n) is 3.94. The molecular weight excluding hydrogens is 318 g/mol. The maximum atomic E-state index is 12.4. The SMILES string of the molecule is O=C(NCc1ccccc1-c1ccsc1)c1cc2ccccc2o1. The summed E-state index contributed by atoms with van der Waals surface area (Å²) in [6.07, 6.45) is 0. The standard InChI is InChI=1S/C20H15NO2S/c22-20(19-11-14-5-2-4-8-18(14)23-19)21-12-15-6-1-3-7-17(15)16-9-10-24-13-16/h1-11,13H,12H2,(H,21,22). The maximum absolute atomic E-state index is 12.4. The number of carbonyl (C=O) groups excluding carboxylic acids is 1. The van der Waals surface area contributed by atoms with E-state index < -0.39 is 0 Å². The lowest BCUT2D eigenvalue weighted by atomic mass is 10.0. The minimum Gasteiger partial charge on any atom is -0.451 e. The maximum Gasteiger partial charge on any atom is 0.287 e. The van der Waals surface area contributed by atoms with Crippen LogP contribution in [0, 0.1) is 0 Å². The Hall–Kier alpha value is -2.85. The zero-order valence-corrected chi connectivity index (χ0v) is 13.7. The van der Waals surface area contributed by atoms with Gasteiger partial charge in [-0.25, -0.2) is 0 Å². The third kappa shape index (κ3) is 2.84. The predicted octanol–water partition coefficient (Wildman–Crippen LogP) is 5.09. The van der Waals surface area contributed by atoms with Gasteiger partial charge >= 0.3 is 0 Å². The summed E-state index contributed by atoms with van der Waals surface area (Å²) >= 11 is 1.66. The Labute approximate surface area is 143 Å². The van der Waals surface area contributed by atoms with Crippen LogP contribution in [0.3, 0.4) is 0 Å². The van der Waals surface area contributed by atoms with Gasteiger partial charge in [0.05, 0.1) is 0 Å². The number of carbonyl (C=O) groups is 1. The van der Waals surface area contributed by atoms with E-state index in [9.17, 15) is 4.79 Å². The Balaban J connectivity index is 1.54. The fraction of sp³-hybridized carbons (Fsp3) is 0.0500. The van der Waals surface area contributed by atoms with Gasteiger partial charge < -0.3 is 9.73 Å². The summed E-state index contributed by atoms with van der Waals surface area (Å²) in [5.41, 5.74) is 4.12. The van der Waals surface area contributed by atoms with Crippen LogP contribution >= 0.6 is 11.3 Å². The number of para-hydroxylation sites is 1. The van der Waals surface area contributed by atoms with Crippen LogP contribution in [0.5, 0.6) is 0 Å². The molecule has 0 aliphatic carbocycles. The first-order valence-electron chi connectivity index (χ1n) is 7.68. The molecule has 24 heavy (non-hydrogen) atoms. The molecule has 4 aromatic rings. The molecule has 0 saturated heterocycles. The molecule has 0 unspecified atom stereocenters. The van der Waals surface area contributed by atoms with Crippen LogP contribution in [-0.4, -0.2) is 5.91 Å². The van der Waals surface area contributed by atoms with Crippen molar-refractivity contribution in [3.8, 4) is 11.1 Å². The molecule has 0 bridgehead atoms. The van der Waals surface area contributed by atoms with E-state index in [1.165, 1.54) is 5.56 Å². The van der Waals surface area contributed by atoms with Gasteiger partial charge in [-0.2, -0.15) is 11.3 Å². The average Bonchev–Trinajstić information content (AvgIpc) is 3.29. The monoisotopic (exact) mass is 333 g/mol. The minimum atomic E-state index is -0.202. The highest BCUT2D eigenvalue weighted by molar-refractivity contribution is 7.08. The third-order valence-corrected chi connectivity index (χ3v) is 4.62. The minimum absolute atomic E-state index is 0.202. The Kier molecular flexibility index (Phi) is 3.89. The van der Waals surface area contributed by atoms with E-state index in [1.807, 2.05) is 42.5 Å². The highest BCUT2D eigenvalue weighted by Gasteiger charge is 2.13. The predicted molar refractivity (Wildman–Crippen MR) is 97.1 cm³/mol. The summed E-state index contributed by atoms with van der Waals surface area (Å²) in [6, 6.07) is 19.6. The smallest absolute Gasteiger partial charge is 0.287 e. The molecule has 0 aliphatic rings. The molecule has 1 N–H and O–H groups in total. The highest BCUT2D eigenvalue weighted by atomic mass is 32.1. The second kappa shape index (κ2) is 6.34. The van der Waals surface area contributed by atoms with Crippen molar-refractivity contribution in [3.05, 3.63) is 82.7 Å². The quantitative estimate of drug-likeness (QED) is 0.565. The largest absolute Gasteiger partial charge is 0.451 e. The number of hydrogen-bond acceptors (Lipinski definition) is 3. The van der Waals surface area contributed by atoms with Crippen molar-refractivity contribution in [2.45, 2.75) is 6.54 Å². The van der Waals surface area contributed by atoms with Crippen LogP contribution in [0.4, 0.5) is 0 Å². The Morgan fingerprint density at radius 3 is 2.71 bits per heavy atom. The van der Waals surface area contributed by atoms with Gasteiger partial charge in [0, 0.05) is 11.9 Å². The zero-order chi connectivity index (χ0) is 16.4. The van der Waals surface area contributed by atoms with Gasteiger partial charge in [-0.15, -0.1) is 0 Å². The molecule has 2 heterocycles. The molecule has 0 spiro atoms. The summed E-state index contributed by atoms with van der Waals surface area (Å²) in [7, 11) is 0. The molecule has 1 amide bonds. The molecule has 4 heteroatoms. The number of amides is 1.